The van der Waals surface area contributed by atoms with Crippen LogP contribution >= 0.6 is 11.6 Å². The number of halogens is 2. The van der Waals surface area contributed by atoms with Gasteiger partial charge in [0.25, 0.3) is 0 Å². The number of fused-ring (bicyclic) bond motifs is 1. The van der Waals surface area contributed by atoms with Crippen molar-refractivity contribution in [1.82, 2.24) is 4.98 Å². The first-order chi connectivity index (χ1) is 11.0. The second-order valence-electron chi connectivity index (χ2n) is 5.01. The van der Waals surface area contributed by atoms with Gasteiger partial charge in [-0.15, -0.1) is 0 Å². The smallest absolute Gasteiger partial charge is 0.146 e. The molecule has 0 unspecified atom stereocenters. The highest BCUT2D eigenvalue weighted by Gasteiger charge is 2.14. The van der Waals surface area contributed by atoms with E-state index in [9.17, 15) is 14.3 Å². The molecule has 0 aliphatic carbocycles. The number of anilines is 2. The fourth-order valence-electron chi connectivity index (χ4n) is 2.37. The predicted molar refractivity (Wildman–Crippen MR) is 85.5 cm³/mol. The maximum Gasteiger partial charge on any atom is 0.146 e. The number of aromatic carboxylic acids is 1. The Morgan fingerprint density at radius 2 is 2.00 bits per heavy atom. The largest absolute Gasteiger partial charge is 0.545 e. The van der Waals surface area contributed by atoms with Crippen LogP contribution in [0.15, 0.2) is 42.6 Å². The van der Waals surface area contributed by atoms with Gasteiger partial charge in [-0.2, -0.15) is 0 Å². The summed E-state index contributed by atoms with van der Waals surface area (Å²) in [6.45, 7) is 1.78. The number of nitrogens with one attached hydrogen (secondary N) is 1. The molecule has 3 aromatic rings. The topological polar surface area (TPSA) is 65.0 Å². The lowest BCUT2D eigenvalue weighted by Gasteiger charge is -2.17. The molecule has 2 aromatic carbocycles. The number of carbonyl (C=O) groups is 1. The molecular weight excluding hydrogens is 319 g/mol. The first-order valence-corrected chi connectivity index (χ1v) is 7.17. The van der Waals surface area contributed by atoms with Crippen molar-refractivity contribution in [3.8, 4) is 0 Å². The SMILES string of the molecule is Cc1c(Cl)ccc2c(Nc3ccccc3F)c(C(=O)[O-])cnc12. The summed E-state index contributed by atoms with van der Waals surface area (Å²) in [5.74, 6) is -1.89. The molecule has 0 saturated heterocycles. The number of pyridine rings is 1. The molecule has 3 rings (SSSR count). The number of benzene rings is 2. The molecule has 1 aromatic heterocycles. The lowest BCUT2D eigenvalue weighted by atomic mass is 10.1. The Balaban J connectivity index is 2.28. The number of rotatable bonds is 3. The van der Waals surface area contributed by atoms with Crippen molar-refractivity contribution in [2.24, 2.45) is 0 Å². The molecule has 0 fully saturated rings. The van der Waals surface area contributed by atoms with Gasteiger partial charge in [0.1, 0.15) is 5.82 Å². The van der Waals surface area contributed by atoms with E-state index in [1.807, 2.05) is 0 Å². The number of carboxylic acid groups (broad SMARTS) is 1. The first-order valence-electron chi connectivity index (χ1n) is 6.79. The molecule has 0 aliphatic rings. The molecule has 0 spiro atoms. The van der Waals surface area contributed by atoms with E-state index in [4.69, 9.17) is 11.6 Å². The summed E-state index contributed by atoms with van der Waals surface area (Å²) in [5, 5.41) is 15.3. The molecule has 0 amide bonds. The molecule has 0 saturated carbocycles. The quantitative estimate of drug-likeness (QED) is 0.799. The molecular formula is C17H11ClFN2O2-. The van der Waals surface area contributed by atoms with Gasteiger partial charge in [0.05, 0.1) is 22.9 Å². The van der Waals surface area contributed by atoms with E-state index in [1.165, 1.54) is 18.3 Å². The minimum absolute atomic E-state index is 0.150. The maximum absolute atomic E-state index is 13.9. The minimum atomic E-state index is -1.40. The molecule has 0 aliphatic heterocycles. The summed E-state index contributed by atoms with van der Waals surface area (Å²) in [6.07, 6.45) is 1.18. The Labute approximate surface area is 136 Å². The summed E-state index contributed by atoms with van der Waals surface area (Å²) in [6, 6.07) is 9.29. The lowest BCUT2D eigenvalue weighted by Crippen LogP contribution is -2.23. The average molecular weight is 330 g/mol. The minimum Gasteiger partial charge on any atom is -0.545 e. The van der Waals surface area contributed by atoms with Gasteiger partial charge in [-0.25, -0.2) is 4.39 Å². The number of aryl methyl sites for hydroxylation is 1. The van der Waals surface area contributed by atoms with Crippen LogP contribution in [0.25, 0.3) is 10.9 Å². The first kappa shape index (κ1) is 15.2. The summed E-state index contributed by atoms with van der Waals surface area (Å²) < 4.78 is 13.9. The maximum atomic E-state index is 13.9. The van der Waals surface area contributed by atoms with E-state index in [0.717, 1.165) is 0 Å². The zero-order valence-corrected chi connectivity index (χ0v) is 12.8. The third-order valence-corrected chi connectivity index (χ3v) is 3.99. The van der Waals surface area contributed by atoms with Crippen LogP contribution in [0.4, 0.5) is 15.8 Å². The molecule has 1 heterocycles. The van der Waals surface area contributed by atoms with Crippen molar-refractivity contribution < 1.29 is 14.3 Å². The van der Waals surface area contributed by atoms with Crippen LogP contribution in [0, 0.1) is 12.7 Å². The average Bonchev–Trinajstić information content (AvgIpc) is 2.53. The Morgan fingerprint density at radius 3 is 2.70 bits per heavy atom. The van der Waals surface area contributed by atoms with Gasteiger partial charge in [-0.1, -0.05) is 23.7 Å². The van der Waals surface area contributed by atoms with Gasteiger partial charge in [0.15, 0.2) is 0 Å². The van der Waals surface area contributed by atoms with Crippen molar-refractivity contribution >= 4 is 39.8 Å². The van der Waals surface area contributed by atoms with E-state index in [2.05, 4.69) is 10.3 Å². The number of carbonyl (C=O) groups excluding carboxylic acids is 1. The summed E-state index contributed by atoms with van der Waals surface area (Å²) >= 11 is 6.08. The van der Waals surface area contributed by atoms with Crippen molar-refractivity contribution in [2.75, 3.05) is 5.32 Å². The molecule has 116 valence electrons. The molecule has 1 N–H and O–H groups in total. The Bertz CT molecular complexity index is 928. The van der Waals surface area contributed by atoms with Gasteiger partial charge in [0.2, 0.25) is 0 Å². The van der Waals surface area contributed by atoms with Gasteiger partial charge in [0, 0.05) is 22.2 Å². The summed E-state index contributed by atoms with van der Waals surface area (Å²) in [4.78, 5) is 15.5. The van der Waals surface area contributed by atoms with E-state index in [-0.39, 0.29) is 16.9 Å². The van der Waals surface area contributed by atoms with Gasteiger partial charge in [-0.05, 0) is 36.8 Å². The molecule has 23 heavy (non-hydrogen) atoms. The second-order valence-corrected chi connectivity index (χ2v) is 5.41. The number of hydrogen-bond donors (Lipinski definition) is 1. The van der Waals surface area contributed by atoms with Gasteiger partial charge < -0.3 is 15.2 Å². The number of hydrogen-bond acceptors (Lipinski definition) is 4. The zero-order valence-electron chi connectivity index (χ0n) is 12.1. The van der Waals surface area contributed by atoms with Crippen LogP contribution in [0.3, 0.4) is 0 Å². The Morgan fingerprint density at radius 1 is 1.26 bits per heavy atom. The number of para-hydroxylation sites is 1. The third-order valence-electron chi connectivity index (χ3n) is 3.58. The van der Waals surface area contributed by atoms with Crippen molar-refractivity contribution in [3.05, 3.63) is 64.6 Å². The lowest BCUT2D eigenvalue weighted by molar-refractivity contribution is -0.254. The molecule has 0 atom stereocenters. The van der Waals surface area contributed by atoms with Crippen LogP contribution in [-0.2, 0) is 0 Å². The van der Waals surface area contributed by atoms with Crippen molar-refractivity contribution in [2.45, 2.75) is 6.92 Å². The Kier molecular flexibility index (Phi) is 3.88. The van der Waals surface area contributed by atoms with Crippen LogP contribution in [-0.4, -0.2) is 11.0 Å². The van der Waals surface area contributed by atoms with E-state index in [0.29, 0.717) is 21.5 Å². The van der Waals surface area contributed by atoms with Gasteiger partial charge >= 0.3 is 0 Å². The van der Waals surface area contributed by atoms with Gasteiger partial charge in [-0.3, -0.25) is 4.98 Å². The highest BCUT2D eigenvalue weighted by molar-refractivity contribution is 6.32. The van der Waals surface area contributed by atoms with E-state index >= 15 is 0 Å². The fourth-order valence-corrected chi connectivity index (χ4v) is 2.52. The monoisotopic (exact) mass is 329 g/mol. The van der Waals surface area contributed by atoms with Crippen LogP contribution in [0.2, 0.25) is 5.02 Å². The second kappa shape index (κ2) is 5.85. The van der Waals surface area contributed by atoms with E-state index in [1.54, 1.807) is 31.2 Å². The van der Waals surface area contributed by atoms with Crippen molar-refractivity contribution in [3.63, 3.8) is 0 Å². The molecule has 4 nitrogen and oxygen atoms in total. The molecule has 6 heteroatoms. The standard InChI is InChI=1S/C17H12ClFN2O2/c1-9-12(18)7-6-10-15(9)20-8-11(17(22)23)16(10)21-14-5-3-2-4-13(14)19/h2-8H,1H3,(H,20,21)(H,22,23)/p-1. The summed E-state index contributed by atoms with van der Waals surface area (Å²) in [5.41, 5.74) is 1.49. The fraction of sp³-hybridized carbons (Fsp3) is 0.0588. The van der Waals surface area contributed by atoms with Crippen molar-refractivity contribution in [1.29, 1.82) is 0 Å². The third kappa shape index (κ3) is 2.71. The Hall–Kier alpha value is -2.66. The number of nitrogens with zero attached hydrogens (tertiary/aromatic N) is 1. The highest BCUT2D eigenvalue weighted by Crippen LogP contribution is 2.33. The van der Waals surface area contributed by atoms with Crippen LogP contribution < -0.4 is 10.4 Å². The highest BCUT2D eigenvalue weighted by atomic mass is 35.5. The van der Waals surface area contributed by atoms with Crippen LogP contribution in [0.1, 0.15) is 15.9 Å². The predicted octanol–water partition coefficient (Wildman–Crippen LogP) is 3.44. The van der Waals surface area contributed by atoms with E-state index < -0.39 is 11.8 Å². The number of aromatic nitrogens is 1. The summed E-state index contributed by atoms with van der Waals surface area (Å²) in [7, 11) is 0. The normalized spacial score (nSPS) is 10.7. The zero-order chi connectivity index (χ0) is 16.6. The number of carboxylic acids is 1. The van der Waals surface area contributed by atoms with Crippen LogP contribution in [0.5, 0.6) is 0 Å². The molecule has 0 radical (unpaired) electrons. The molecule has 0 bridgehead atoms.